The lowest BCUT2D eigenvalue weighted by atomic mass is 9.88. The maximum absolute atomic E-state index is 15.4. The van der Waals surface area contributed by atoms with Crippen molar-refractivity contribution in [2.24, 2.45) is 7.05 Å². The van der Waals surface area contributed by atoms with Crippen LogP contribution in [-0.2, 0) is 26.0 Å². The Labute approximate surface area is 406 Å². The molecule has 3 amide bonds. The fraction of sp³-hybridized carbons (Fsp3) is 0.347. The van der Waals surface area contributed by atoms with Gasteiger partial charge < -0.3 is 35.1 Å². The Hall–Kier alpha value is -6.43. The first-order chi connectivity index (χ1) is 33.1. The predicted molar refractivity (Wildman–Crippen MR) is 268 cm³/mol. The minimum absolute atomic E-state index is 0.00227. The van der Waals surface area contributed by atoms with Crippen molar-refractivity contribution in [2.75, 3.05) is 87.1 Å². The van der Waals surface area contributed by atoms with Crippen LogP contribution in [0.1, 0.15) is 37.2 Å². The minimum Gasteiger partial charge on any atom is -0.494 e. The van der Waals surface area contributed by atoms with Gasteiger partial charge in [-0.05, 0) is 103 Å². The van der Waals surface area contributed by atoms with Crippen molar-refractivity contribution >= 4 is 91.4 Å². The second-order valence-electron chi connectivity index (χ2n) is 18.1. The summed E-state index contributed by atoms with van der Waals surface area (Å²) in [5.41, 5.74) is 4.14. The van der Waals surface area contributed by atoms with Crippen LogP contribution in [0.4, 0.5) is 43.3 Å². The Balaban J connectivity index is 0.852. The van der Waals surface area contributed by atoms with Crippen LogP contribution in [0.3, 0.4) is 0 Å². The molecular weight excluding hydrogens is 971 g/mol. The largest absolute Gasteiger partial charge is 0.494 e. The first kappa shape index (κ1) is 47.6. The van der Waals surface area contributed by atoms with E-state index < -0.39 is 30.7 Å². The van der Waals surface area contributed by atoms with E-state index in [1.165, 1.54) is 12.1 Å². The van der Waals surface area contributed by atoms with Crippen LogP contribution in [0.5, 0.6) is 5.75 Å². The molecule has 4 N–H and O–H groups in total. The molecular formula is C49H53BrF2N11O5P. The molecule has 3 saturated heterocycles. The summed E-state index contributed by atoms with van der Waals surface area (Å²) in [5, 5.41) is 19.0. The lowest BCUT2D eigenvalue weighted by Crippen LogP contribution is -2.52. The van der Waals surface area contributed by atoms with Gasteiger partial charge in [-0.3, -0.25) is 29.3 Å². The Morgan fingerprint density at radius 1 is 0.928 bits per heavy atom. The molecule has 3 aliphatic rings. The van der Waals surface area contributed by atoms with Crippen molar-refractivity contribution in [1.82, 2.24) is 34.9 Å². The molecule has 5 heterocycles. The average Bonchev–Trinajstić information content (AvgIpc) is 3.76. The number of benzene rings is 4. The third-order valence-electron chi connectivity index (χ3n) is 13.0. The number of likely N-dealkylation sites (tertiary alicyclic amines) is 1. The number of piperidine rings is 2. The van der Waals surface area contributed by atoms with Gasteiger partial charge in [-0.25, -0.2) is 13.8 Å². The van der Waals surface area contributed by atoms with Crippen LogP contribution >= 0.6 is 23.1 Å². The maximum atomic E-state index is 15.4. The Kier molecular flexibility index (Phi) is 13.7. The summed E-state index contributed by atoms with van der Waals surface area (Å²) in [6, 6.07) is 17.4. The third-order valence-corrected chi connectivity index (χ3v) is 15.1. The summed E-state index contributed by atoms with van der Waals surface area (Å²) in [7, 11) is 0.726. The summed E-state index contributed by atoms with van der Waals surface area (Å²) < 4.78 is 52.8. The van der Waals surface area contributed by atoms with Crippen LogP contribution in [0.2, 0.25) is 0 Å². The molecule has 3 fully saturated rings. The number of imide groups is 1. The van der Waals surface area contributed by atoms with E-state index in [9.17, 15) is 18.9 Å². The van der Waals surface area contributed by atoms with E-state index in [-0.39, 0.29) is 48.4 Å². The zero-order chi connectivity index (χ0) is 48.6. The van der Waals surface area contributed by atoms with Gasteiger partial charge in [-0.15, -0.1) is 0 Å². The normalized spacial score (nSPS) is 17.2. The zero-order valence-corrected chi connectivity index (χ0v) is 41.2. The summed E-state index contributed by atoms with van der Waals surface area (Å²) in [5.74, 6) is -1.29. The highest BCUT2D eigenvalue weighted by Crippen LogP contribution is 2.43. The SMILES string of the molecule is COc1cc(N2CCN(C(=O)CN3CCC(c4c(F)cc(NC5CCC(=O)NC5=O)cc4F)CC3)CC2)c(-c2cnn(C)c2)cc1Nc1ncc(Br)c(Nc2ccc3ccccc3c2P(C)(C)=O)n1. The number of anilines is 6. The van der Waals surface area contributed by atoms with Crippen molar-refractivity contribution < 1.29 is 32.5 Å². The van der Waals surface area contributed by atoms with Crippen LogP contribution in [-0.4, -0.2) is 120 Å². The van der Waals surface area contributed by atoms with E-state index in [0.29, 0.717) is 85.5 Å². The molecule has 0 saturated carbocycles. The number of nitrogens with zero attached hydrogens (tertiary/aromatic N) is 7. The van der Waals surface area contributed by atoms with Crippen LogP contribution in [0.25, 0.3) is 21.9 Å². The summed E-state index contributed by atoms with van der Waals surface area (Å²) in [6.07, 6.45) is 6.75. The van der Waals surface area contributed by atoms with Gasteiger partial charge in [0.2, 0.25) is 23.7 Å². The second kappa shape index (κ2) is 19.9. The average molecular weight is 1020 g/mol. The van der Waals surface area contributed by atoms with Gasteiger partial charge in [0.1, 0.15) is 36.4 Å². The second-order valence-corrected chi connectivity index (χ2v) is 22.1. The number of ether oxygens (including phenoxy) is 1. The quantitative estimate of drug-likeness (QED) is 0.0659. The van der Waals surface area contributed by atoms with Crippen molar-refractivity contribution in [2.45, 2.75) is 37.6 Å². The van der Waals surface area contributed by atoms with Gasteiger partial charge in [0.15, 0.2) is 0 Å². The van der Waals surface area contributed by atoms with Gasteiger partial charge in [0, 0.05) is 91.5 Å². The monoisotopic (exact) mass is 1020 g/mol. The topological polar surface area (TPSA) is 179 Å². The number of carbonyl (C=O) groups is 3. The van der Waals surface area contributed by atoms with E-state index in [1.807, 2.05) is 71.6 Å². The van der Waals surface area contributed by atoms with Crippen molar-refractivity contribution in [3.05, 3.63) is 101 Å². The number of halogens is 3. The maximum Gasteiger partial charge on any atom is 0.249 e. The van der Waals surface area contributed by atoms with E-state index in [4.69, 9.17) is 9.72 Å². The Bertz CT molecular complexity index is 2980. The molecule has 0 aliphatic carbocycles. The fourth-order valence-corrected chi connectivity index (χ4v) is 11.3. The molecule has 20 heteroatoms. The summed E-state index contributed by atoms with van der Waals surface area (Å²) in [6.45, 7) is 6.86. The number of aryl methyl sites for hydroxylation is 1. The van der Waals surface area contributed by atoms with Crippen molar-refractivity contribution in [3.8, 4) is 16.9 Å². The highest BCUT2D eigenvalue weighted by Gasteiger charge is 2.32. The number of hydrogen-bond donors (Lipinski definition) is 4. The van der Waals surface area contributed by atoms with E-state index in [2.05, 4.69) is 52.2 Å². The molecule has 9 rings (SSSR count). The number of nitrogens with one attached hydrogen (secondary N) is 4. The van der Waals surface area contributed by atoms with Gasteiger partial charge in [-0.1, -0.05) is 30.3 Å². The number of fused-ring (bicyclic) bond motifs is 1. The summed E-state index contributed by atoms with van der Waals surface area (Å²) in [4.78, 5) is 52.9. The van der Waals surface area contributed by atoms with Gasteiger partial charge in [-0.2, -0.15) is 10.1 Å². The lowest BCUT2D eigenvalue weighted by molar-refractivity contribution is -0.134. The number of amides is 3. The first-order valence-corrected chi connectivity index (χ1v) is 26.2. The van der Waals surface area contributed by atoms with E-state index in [0.717, 1.165) is 32.9 Å². The molecule has 69 heavy (non-hydrogen) atoms. The van der Waals surface area contributed by atoms with E-state index in [1.54, 1.807) is 37.5 Å². The number of methoxy groups -OCH3 is 1. The first-order valence-electron chi connectivity index (χ1n) is 22.8. The molecule has 360 valence electrons. The van der Waals surface area contributed by atoms with Gasteiger partial charge in [0.25, 0.3) is 0 Å². The molecule has 0 radical (unpaired) electrons. The molecule has 1 unspecified atom stereocenters. The molecule has 3 aliphatic heterocycles. The zero-order valence-electron chi connectivity index (χ0n) is 38.7. The molecule has 0 spiro atoms. The summed E-state index contributed by atoms with van der Waals surface area (Å²) >= 11 is 3.60. The fourth-order valence-electron chi connectivity index (χ4n) is 9.55. The predicted octanol–water partition coefficient (Wildman–Crippen LogP) is 7.56. The minimum atomic E-state index is -2.74. The van der Waals surface area contributed by atoms with Crippen molar-refractivity contribution in [3.63, 3.8) is 0 Å². The number of piperazine rings is 1. The number of hydrogen-bond acceptors (Lipinski definition) is 13. The molecule has 0 bridgehead atoms. The molecule has 6 aromatic rings. The molecule has 1 atom stereocenters. The highest BCUT2D eigenvalue weighted by atomic mass is 79.9. The lowest BCUT2D eigenvalue weighted by Gasteiger charge is -2.39. The highest BCUT2D eigenvalue weighted by molar-refractivity contribution is 9.10. The Morgan fingerprint density at radius 2 is 1.67 bits per heavy atom. The molecule has 4 aromatic carbocycles. The van der Waals surface area contributed by atoms with E-state index >= 15 is 8.78 Å². The number of aromatic nitrogens is 4. The van der Waals surface area contributed by atoms with Crippen LogP contribution in [0.15, 0.2) is 83.7 Å². The third kappa shape index (κ3) is 10.5. The smallest absolute Gasteiger partial charge is 0.249 e. The Morgan fingerprint density at radius 3 is 2.35 bits per heavy atom. The van der Waals surface area contributed by atoms with Gasteiger partial charge in [0.05, 0.1) is 35.7 Å². The molecule has 2 aromatic heterocycles. The van der Waals surface area contributed by atoms with Crippen LogP contribution < -0.4 is 36.2 Å². The number of rotatable bonds is 13. The van der Waals surface area contributed by atoms with Crippen molar-refractivity contribution in [1.29, 1.82) is 0 Å². The van der Waals surface area contributed by atoms with Gasteiger partial charge >= 0.3 is 0 Å². The van der Waals surface area contributed by atoms with Crippen LogP contribution in [0, 0.1) is 11.6 Å². The molecule has 16 nitrogen and oxygen atoms in total. The number of carbonyl (C=O) groups excluding carboxylic acids is 3. The standard InChI is InChI=1S/C49H53BrF2N11O5P/c1-60-27-31(25-54-60)34-23-40(57-49-53-26-35(50)47(59-49)56-38-10-9-29-7-5-6-8-33(29)46(38)69(3,4)67)42(68-2)24-41(34)62-17-19-63(20-18-62)44(65)28-61-15-13-30(14-16-61)45-36(51)21-32(22-37(45)52)55-39-11-12-43(64)58-48(39)66/h5-10,21-27,30,39,55H,11-20,28H2,1-4H3,(H,58,64,66)(H2,53,56,57,59).